The lowest BCUT2D eigenvalue weighted by Gasteiger charge is -2.18. The van der Waals surface area contributed by atoms with E-state index < -0.39 is 0 Å². The Bertz CT molecular complexity index is 658. The van der Waals surface area contributed by atoms with Crippen LogP contribution in [0.2, 0.25) is 0 Å². The normalized spacial score (nSPS) is 10.4. The Hall–Kier alpha value is -2.57. The number of amides is 2. The number of nitrogens with one attached hydrogen (secondary N) is 1. The number of anilines is 2. The van der Waals surface area contributed by atoms with Crippen molar-refractivity contribution in [2.45, 2.75) is 6.61 Å². The van der Waals surface area contributed by atoms with Gasteiger partial charge in [0.15, 0.2) is 0 Å². The lowest BCUT2D eigenvalue weighted by molar-refractivity contribution is 0.0617. The number of methoxy groups -OCH3 is 1. The number of carbonyl (C=O) groups is 1. The minimum atomic E-state index is -0.266. The van der Waals surface area contributed by atoms with E-state index in [9.17, 15) is 9.90 Å². The number of nitrogens with zero attached hydrogens (tertiary/aromatic N) is 1. The molecule has 6 heteroatoms. The minimum absolute atomic E-state index is 0.161. The van der Waals surface area contributed by atoms with Gasteiger partial charge in [0.1, 0.15) is 5.75 Å². The molecule has 2 rings (SSSR count). The summed E-state index contributed by atoms with van der Waals surface area (Å²) in [5, 5.41) is 12.1. The van der Waals surface area contributed by atoms with Crippen molar-refractivity contribution < 1.29 is 19.4 Å². The van der Waals surface area contributed by atoms with Crippen molar-refractivity contribution in [2.24, 2.45) is 0 Å². The molecular formula is C18H22N2O4. The first kappa shape index (κ1) is 17.8. The van der Waals surface area contributed by atoms with Crippen molar-refractivity contribution in [3.8, 4) is 5.75 Å². The number of benzene rings is 2. The molecule has 0 aromatic heterocycles. The Labute approximate surface area is 141 Å². The van der Waals surface area contributed by atoms with Gasteiger partial charge in [-0.05, 0) is 42.0 Å². The van der Waals surface area contributed by atoms with E-state index >= 15 is 0 Å². The van der Waals surface area contributed by atoms with Gasteiger partial charge in [-0.25, -0.2) is 4.79 Å². The molecule has 2 amide bonds. The fourth-order valence-electron chi connectivity index (χ4n) is 2.07. The molecule has 0 saturated carbocycles. The van der Waals surface area contributed by atoms with E-state index in [0.717, 1.165) is 5.56 Å². The SMILES string of the molecule is COCCOCc1cccc(NC(=O)N(C)c2ccc(O)cc2)c1. The molecule has 0 spiro atoms. The second kappa shape index (κ2) is 8.90. The average molecular weight is 330 g/mol. The van der Waals surface area contributed by atoms with E-state index in [-0.39, 0.29) is 11.8 Å². The fourth-order valence-corrected chi connectivity index (χ4v) is 2.07. The lowest BCUT2D eigenvalue weighted by Crippen LogP contribution is -2.31. The third-order valence-corrected chi connectivity index (χ3v) is 3.42. The standard InChI is InChI=1S/C18H22N2O4/c1-20(16-6-8-17(21)9-7-16)18(22)19-15-5-3-4-14(12-15)13-24-11-10-23-2/h3-9,12,21H,10-11,13H2,1-2H3,(H,19,22). The zero-order chi connectivity index (χ0) is 17.4. The topological polar surface area (TPSA) is 71.0 Å². The number of urea groups is 1. The molecule has 0 fully saturated rings. The van der Waals surface area contributed by atoms with Crippen LogP contribution >= 0.6 is 0 Å². The van der Waals surface area contributed by atoms with Crippen LogP contribution in [0.15, 0.2) is 48.5 Å². The number of hydrogen-bond acceptors (Lipinski definition) is 4. The highest BCUT2D eigenvalue weighted by Gasteiger charge is 2.11. The molecule has 2 N–H and O–H groups in total. The van der Waals surface area contributed by atoms with Crippen LogP contribution in [0.1, 0.15) is 5.56 Å². The third-order valence-electron chi connectivity index (χ3n) is 3.42. The summed E-state index contributed by atoms with van der Waals surface area (Å²) in [5.41, 5.74) is 2.35. The first-order chi connectivity index (χ1) is 11.6. The summed E-state index contributed by atoms with van der Waals surface area (Å²) in [6, 6.07) is 13.7. The Morgan fingerprint density at radius 2 is 1.92 bits per heavy atom. The second-order valence-electron chi connectivity index (χ2n) is 5.25. The number of phenolic OH excluding ortho intramolecular Hbond substituents is 1. The lowest BCUT2D eigenvalue weighted by atomic mass is 10.2. The van der Waals surface area contributed by atoms with E-state index in [4.69, 9.17) is 9.47 Å². The van der Waals surface area contributed by atoms with E-state index in [0.29, 0.717) is 31.2 Å². The zero-order valence-corrected chi connectivity index (χ0v) is 13.9. The fraction of sp³-hybridized carbons (Fsp3) is 0.278. The summed E-state index contributed by atoms with van der Waals surface area (Å²) in [6.07, 6.45) is 0. The summed E-state index contributed by atoms with van der Waals surface area (Å²) in [7, 11) is 3.30. The molecule has 24 heavy (non-hydrogen) atoms. The van der Waals surface area contributed by atoms with Gasteiger partial charge in [-0.1, -0.05) is 12.1 Å². The van der Waals surface area contributed by atoms with Crippen LogP contribution in [0.4, 0.5) is 16.2 Å². The van der Waals surface area contributed by atoms with Gasteiger partial charge >= 0.3 is 6.03 Å². The van der Waals surface area contributed by atoms with E-state index in [1.54, 1.807) is 26.3 Å². The van der Waals surface area contributed by atoms with Crippen LogP contribution in [0, 0.1) is 0 Å². The molecule has 0 aliphatic carbocycles. The molecule has 0 aliphatic rings. The summed E-state index contributed by atoms with van der Waals surface area (Å²) in [6.45, 7) is 1.53. The van der Waals surface area contributed by atoms with Crippen LogP contribution in [0.25, 0.3) is 0 Å². The van der Waals surface area contributed by atoms with Crippen LogP contribution in [-0.2, 0) is 16.1 Å². The first-order valence-electron chi connectivity index (χ1n) is 7.59. The summed E-state index contributed by atoms with van der Waals surface area (Å²) >= 11 is 0. The number of hydrogen-bond donors (Lipinski definition) is 2. The van der Waals surface area contributed by atoms with Crippen molar-refractivity contribution in [3.05, 3.63) is 54.1 Å². The second-order valence-corrected chi connectivity index (χ2v) is 5.25. The van der Waals surface area contributed by atoms with E-state index in [1.807, 2.05) is 24.3 Å². The molecule has 0 aliphatic heterocycles. The molecular weight excluding hydrogens is 308 g/mol. The third kappa shape index (κ3) is 5.26. The smallest absolute Gasteiger partial charge is 0.326 e. The van der Waals surface area contributed by atoms with Crippen LogP contribution in [0.3, 0.4) is 0 Å². The molecule has 0 radical (unpaired) electrons. The van der Waals surface area contributed by atoms with Gasteiger partial charge in [-0.2, -0.15) is 0 Å². The van der Waals surface area contributed by atoms with Crippen molar-refractivity contribution >= 4 is 17.4 Å². The molecule has 6 nitrogen and oxygen atoms in total. The molecule has 0 bridgehead atoms. The predicted molar refractivity (Wildman–Crippen MR) is 93.5 cm³/mol. The highest BCUT2D eigenvalue weighted by molar-refractivity contribution is 6.01. The monoisotopic (exact) mass is 330 g/mol. The summed E-state index contributed by atoms with van der Waals surface area (Å²) in [5.74, 6) is 0.161. The van der Waals surface area contributed by atoms with Crippen molar-refractivity contribution in [1.82, 2.24) is 0 Å². The largest absolute Gasteiger partial charge is 0.508 e. The Morgan fingerprint density at radius 3 is 2.62 bits per heavy atom. The van der Waals surface area contributed by atoms with E-state index in [2.05, 4.69) is 5.32 Å². The van der Waals surface area contributed by atoms with Gasteiger partial charge in [-0.15, -0.1) is 0 Å². The van der Waals surface area contributed by atoms with Crippen molar-refractivity contribution in [1.29, 1.82) is 0 Å². The van der Waals surface area contributed by atoms with Gasteiger partial charge in [0.2, 0.25) is 0 Å². The maximum Gasteiger partial charge on any atom is 0.326 e. The number of rotatable bonds is 7. The van der Waals surface area contributed by atoms with Gasteiger partial charge in [0, 0.05) is 25.5 Å². The highest BCUT2D eigenvalue weighted by Crippen LogP contribution is 2.19. The number of ether oxygens (including phenoxy) is 2. The van der Waals surface area contributed by atoms with Crippen LogP contribution < -0.4 is 10.2 Å². The molecule has 2 aromatic carbocycles. The molecule has 0 unspecified atom stereocenters. The van der Waals surface area contributed by atoms with Gasteiger partial charge in [0.25, 0.3) is 0 Å². The molecule has 0 heterocycles. The quantitative estimate of drug-likeness (QED) is 0.765. The molecule has 128 valence electrons. The maximum absolute atomic E-state index is 12.3. The Morgan fingerprint density at radius 1 is 1.17 bits per heavy atom. The minimum Gasteiger partial charge on any atom is -0.508 e. The summed E-state index contributed by atoms with van der Waals surface area (Å²) < 4.78 is 10.4. The first-order valence-corrected chi connectivity index (χ1v) is 7.59. The van der Waals surface area contributed by atoms with Gasteiger partial charge in [-0.3, -0.25) is 4.90 Å². The predicted octanol–water partition coefficient (Wildman–Crippen LogP) is 3.22. The van der Waals surface area contributed by atoms with Gasteiger partial charge in [0.05, 0.1) is 19.8 Å². The van der Waals surface area contributed by atoms with Gasteiger partial charge < -0.3 is 19.9 Å². The zero-order valence-electron chi connectivity index (χ0n) is 13.9. The Balaban J connectivity index is 1.94. The number of phenols is 1. The van der Waals surface area contributed by atoms with Crippen molar-refractivity contribution in [2.75, 3.05) is 37.6 Å². The van der Waals surface area contributed by atoms with Crippen LogP contribution in [0.5, 0.6) is 5.75 Å². The highest BCUT2D eigenvalue weighted by atomic mass is 16.5. The van der Waals surface area contributed by atoms with E-state index in [1.165, 1.54) is 17.0 Å². The number of aromatic hydroxyl groups is 1. The molecule has 2 aromatic rings. The average Bonchev–Trinajstić information content (AvgIpc) is 2.59. The molecule has 0 atom stereocenters. The Kier molecular flexibility index (Phi) is 6.60. The number of carbonyl (C=O) groups excluding carboxylic acids is 1. The molecule has 0 saturated heterocycles. The summed E-state index contributed by atoms with van der Waals surface area (Å²) in [4.78, 5) is 13.8. The maximum atomic E-state index is 12.3. The van der Waals surface area contributed by atoms with Crippen LogP contribution in [-0.4, -0.2) is 38.5 Å². The van der Waals surface area contributed by atoms with Crippen molar-refractivity contribution in [3.63, 3.8) is 0 Å².